The van der Waals surface area contributed by atoms with E-state index in [-0.39, 0.29) is 24.8 Å². The second kappa shape index (κ2) is 9.12. The number of amides is 2. The first-order valence-electron chi connectivity index (χ1n) is 9.11. The third kappa shape index (κ3) is 4.99. The van der Waals surface area contributed by atoms with Gasteiger partial charge in [0.25, 0.3) is 0 Å². The Bertz CT molecular complexity index is 822. The van der Waals surface area contributed by atoms with Crippen molar-refractivity contribution in [3.05, 3.63) is 35.9 Å². The van der Waals surface area contributed by atoms with E-state index in [1.807, 2.05) is 30.3 Å². The predicted octanol–water partition coefficient (Wildman–Crippen LogP) is 2.32. The smallest absolute Gasteiger partial charge is 0.330 e. The Labute approximate surface area is 193 Å². The monoisotopic (exact) mass is 494 g/mol. The molecule has 1 aromatic rings. The number of methoxy groups -OCH3 is 1. The van der Waals surface area contributed by atoms with Crippen LogP contribution in [-0.4, -0.2) is 69.0 Å². The number of halogens is 3. The Morgan fingerprint density at radius 3 is 2.53 bits per heavy atom. The molecule has 2 amide bonds. The molecular weight excluding hydrogens is 475 g/mol. The molecule has 1 aromatic carbocycles. The van der Waals surface area contributed by atoms with Gasteiger partial charge in [-0.15, -0.1) is 11.8 Å². The Morgan fingerprint density at radius 2 is 1.93 bits per heavy atom. The summed E-state index contributed by atoms with van der Waals surface area (Å²) >= 11 is 18.4. The number of alkyl halides is 3. The van der Waals surface area contributed by atoms with Gasteiger partial charge in [-0.25, -0.2) is 4.79 Å². The van der Waals surface area contributed by atoms with E-state index < -0.39 is 38.6 Å². The van der Waals surface area contributed by atoms with Crippen LogP contribution in [0.3, 0.4) is 0 Å². The van der Waals surface area contributed by atoms with E-state index in [0.29, 0.717) is 0 Å². The van der Waals surface area contributed by atoms with Gasteiger partial charge in [0, 0.05) is 7.11 Å². The van der Waals surface area contributed by atoms with Crippen molar-refractivity contribution in [3.8, 4) is 0 Å². The molecule has 2 aliphatic rings. The standard InChI is InChI=1S/C19H21Cl3N2O5S/c1-18(9-28-2)14(17(27)29-10-19(20,21)22)24-15(26)13(16(24)30-18)23-12(25)8-11-6-4-3-5-7-11/h3-7,13-14,16H,8-10H2,1-2H3,(H,23,25)/t13?,14?,16-,18?/m0/s1. The highest BCUT2D eigenvalue weighted by atomic mass is 35.6. The zero-order chi connectivity index (χ0) is 22.1. The Morgan fingerprint density at radius 1 is 1.27 bits per heavy atom. The van der Waals surface area contributed by atoms with Crippen LogP contribution < -0.4 is 5.32 Å². The average Bonchev–Trinajstić information content (AvgIpc) is 2.94. The summed E-state index contributed by atoms with van der Waals surface area (Å²) in [5, 5.41) is 2.36. The van der Waals surface area contributed by atoms with E-state index in [4.69, 9.17) is 44.3 Å². The fourth-order valence-electron chi connectivity index (χ4n) is 3.65. The number of hydrogen-bond acceptors (Lipinski definition) is 6. The van der Waals surface area contributed by atoms with Crippen LogP contribution in [0.15, 0.2) is 30.3 Å². The molecule has 4 atom stereocenters. The first-order valence-corrected chi connectivity index (χ1v) is 11.1. The SMILES string of the molecule is COCC1(C)S[C@H]2C(NC(=O)Cc3ccccc3)C(=O)N2C1C(=O)OCC(Cl)(Cl)Cl. The van der Waals surface area contributed by atoms with Gasteiger partial charge in [0.15, 0.2) is 0 Å². The summed E-state index contributed by atoms with van der Waals surface area (Å²) in [4.78, 5) is 39.4. The number of thioether (sulfide) groups is 1. The minimum Gasteiger partial charge on any atom is -0.460 e. The summed E-state index contributed by atoms with van der Waals surface area (Å²) in [6, 6.07) is 7.58. The molecule has 11 heteroatoms. The minimum atomic E-state index is -1.76. The number of rotatable bonds is 7. The number of carbonyl (C=O) groups excluding carboxylic acids is 3. The van der Waals surface area contributed by atoms with E-state index >= 15 is 0 Å². The molecule has 164 valence electrons. The maximum atomic E-state index is 12.8. The molecule has 3 unspecified atom stereocenters. The Hall–Kier alpha value is -1.19. The molecule has 0 saturated carbocycles. The number of nitrogens with zero attached hydrogens (tertiary/aromatic N) is 1. The second-order valence-electron chi connectivity index (χ2n) is 7.33. The van der Waals surface area contributed by atoms with Crippen LogP contribution in [0, 0.1) is 0 Å². The van der Waals surface area contributed by atoms with Crippen LogP contribution in [-0.2, 0) is 30.3 Å². The van der Waals surface area contributed by atoms with Gasteiger partial charge in [-0.1, -0.05) is 65.1 Å². The molecule has 2 saturated heterocycles. The lowest BCUT2D eigenvalue weighted by molar-refractivity contribution is -0.165. The molecule has 0 radical (unpaired) electrons. The van der Waals surface area contributed by atoms with E-state index in [1.54, 1.807) is 6.92 Å². The van der Waals surface area contributed by atoms with Crippen molar-refractivity contribution in [1.29, 1.82) is 0 Å². The molecular formula is C19H21Cl3N2O5S. The van der Waals surface area contributed by atoms with Crippen molar-refractivity contribution in [2.45, 2.75) is 39.3 Å². The van der Waals surface area contributed by atoms with Crippen molar-refractivity contribution in [3.63, 3.8) is 0 Å². The molecule has 0 spiro atoms. The maximum Gasteiger partial charge on any atom is 0.330 e. The lowest BCUT2D eigenvalue weighted by Gasteiger charge is -2.44. The van der Waals surface area contributed by atoms with E-state index in [9.17, 15) is 14.4 Å². The van der Waals surface area contributed by atoms with Crippen molar-refractivity contribution in [2.75, 3.05) is 20.3 Å². The third-order valence-electron chi connectivity index (χ3n) is 4.88. The molecule has 30 heavy (non-hydrogen) atoms. The number of esters is 1. The number of benzene rings is 1. The quantitative estimate of drug-likeness (QED) is 0.355. The van der Waals surface area contributed by atoms with Gasteiger partial charge in [-0.2, -0.15) is 0 Å². The first-order chi connectivity index (χ1) is 14.1. The fourth-order valence-corrected chi connectivity index (χ4v) is 5.55. The van der Waals surface area contributed by atoms with E-state index in [0.717, 1.165) is 5.56 Å². The summed E-state index contributed by atoms with van der Waals surface area (Å²) in [5.74, 6) is -1.31. The van der Waals surface area contributed by atoms with E-state index in [2.05, 4.69) is 5.32 Å². The van der Waals surface area contributed by atoms with Crippen molar-refractivity contribution < 1.29 is 23.9 Å². The topological polar surface area (TPSA) is 84.9 Å². The number of nitrogens with one attached hydrogen (secondary N) is 1. The van der Waals surface area contributed by atoms with Crippen molar-refractivity contribution in [2.24, 2.45) is 0 Å². The summed E-state index contributed by atoms with van der Waals surface area (Å²) in [6.07, 6.45) is 0.159. The van der Waals surface area contributed by atoms with Crippen LogP contribution in [0.25, 0.3) is 0 Å². The van der Waals surface area contributed by atoms with Crippen LogP contribution >= 0.6 is 46.6 Å². The van der Waals surface area contributed by atoms with Crippen LogP contribution in [0.2, 0.25) is 0 Å². The number of hydrogen-bond donors (Lipinski definition) is 1. The van der Waals surface area contributed by atoms with Crippen LogP contribution in [0.5, 0.6) is 0 Å². The molecule has 2 fully saturated rings. The highest BCUT2D eigenvalue weighted by molar-refractivity contribution is 8.01. The van der Waals surface area contributed by atoms with Gasteiger partial charge in [-0.3, -0.25) is 9.59 Å². The third-order valence-corrected chi connectivity index (χ3v) is 6.83. The lowest BCUT2D eigenvalue weighted by atomic mass is 9.95. The highest BCUT2D eigenvalue weighted by Gasteiger charge is 2.66. The van der Waals surface area contributed by atoms with Crippen LogP contribution in [0.4, 0.5) is 0 Å². The Kier molecular flexibility index (Phi) is 7.14. The summed E-state index contributed by atoms with van der Waals surface area (Å²) in [6.45, 7) is 1.55. The lowest BCUT2D eigenvalue weighted by Crippen LogP contribution is -2.71. The van der Waals surface area contributed by atoms with Gasteiger partial charge in [0.1, 0.15) is 24.1 Å². The van der Waals surface area contributed by atoms with Gasteiger partial charge in [0.05, 0.1) is 17.8 Å². The molecule has 1 N–H and O–H groups in total. The summed E-state index contributed by atoms with van der Waals surface area (Å²) in [7, 11) is 1.51. The van der Waals surface area contributed by atoms with Gasteiger partial charge >= 0.3 is 5.97 Å². The van der Waals surface area contributed by atoms with Crippen LogP contribution in [0.1, 0.15) is 12.5 Å². The van der Waals surface area contributed by atoms with Crippen molar-refractivity contribution in [1.82, 2.24) is 10.2 Å². The number of fused-ring (bicyclic) bond motifs is 1. The fraction of sp³-hybridized carbons (Fsp3) is 0.526. The summed E-state index contributed by atoms with van der Waals surface area (Å²) in [5.41, 5.74) is 0.843. The first kappa shape index (κ1) is 23.5. The number of carbonyl (C=O) groups is 3. The number of β-lactam (4-membered cyclic amide) rings is 1. The molecule has 0 aliphatic carbocycles. The van der Waals surface area contributed by atoms with Gasteiger partial charge in [-0.05, 0) is 12.5 Å². The van der Waals surface area contributed by atoms with Gasteiger partial charge in [0.2, 0.25) is 15.6 Å². The Balaban J connectivity index is 1.70. The zero-order valence-electron chi connectivity index (χ0n) is 16.3. The average molecular weight is 496 g/mol. The second-order valence-corrected chi connectivity index (χ2v) is 11.5. The molecule has 3 rings (SSSR count). The molecule has 2 heterocycles. The maximum absolute atomic E-state index is 12.8. The molecule has 7 nitrogen and oxygen atoms in total. The molecule has 0 bridgehead atoms. The van der Waals surface area contributed by atoms with E-state index in [1.165, 1.54) is 23.8 Å². The summed E-state index contributed by atoms with van der Waals surface area (Å²) < 4.78 is 7.88. The molecule has 0 aromatic heterocycles. The molecule has 2 aliphatic heterocycles. The number of ether oxygens (including phenoxy) is 2. The zero-order valence-corrected chi connectivity index (χ0v) is 19.4. The van der Waals surface area contributed by atoms with Gasteiger partial charge < -0.3 is 19.7 Å². The van der Waals surface area contributed by atoms with Crippen molar-refractivity contribution >= 4 is 64.3 Å². The highest BCUT2D eigenvalue weighted by Crippen LogP contribution is 2.51. The predicted molar refractivity (Wildman–Crippen MR) is 116 cm³/mol. The minimum absolute atomic E-state index is 0.159. The normalized spacial score (nSPS) is 28.0. The largest absolute Gasteiger partial charge is 0.460 e.